The van der Waals surface area contributed by atoms with E-state index in [-0.39, 0.29) is 6.04 Å². The Labute approximate surface area is 231 Å². The van der Waals surface area contributed by atoms with Gasteiger partial charge >= 0.3 is 0 Å². The van der Waals surface area contributed by atoms with E-state index in [1.165, 1.54) is 16.7 Å². The molecule has 2 N–H and O–H groups in total. The van der Waals surface area contributed by atoms with Gasteiger partial charge in [-0.15, -0.1) is 0 Å². The standard InChI is InChI=1S/C32H37N7/c33-29-31(38-18-16-36(17-19-38)24-26-10-4-1-5-11-26)34-25-35-32(29)39-22-20-37(21-23-39)30(27-12-6-2-7-13-27)28-14-8-3-9-15-28/h1-15,25,30H,16-24,33H2. The highest BCUT2D eigenvalue weighted by Crippen LogP contribution is 2.33. The second-order valence-electron chi connectivity index (χ2n) is 10.4. The van der Waals surface area contributed by atoms with Gasteiger partial charge in [-0.1, -0.05) is 91.0 Å². The second kappa shape index (κ2) is 11.8. The topological polar surface area (TPSA) is 64.8 Å². The molecule has 4 aromatic rings. The van der Waals surface area contributed by atoms with E-state index in [4.69, 9.17) is 5.73 Å². The van der Waals surface area contributed by atoms with E-state index in [2.05, 4.69) is 121 Å². The Morgan fingerprint density at radius 2 is 1.05 bits per heavy atom. The summed E-state index contributed by atoms with van der Waals surface area (Å²) in [6, 6.07) is 32.6. The Kier molecular flexibility index (Phi) is 7.70. The lowest BCUT2D eigenvalue weighted by Crippen LogP contribution is -2.49. The third-order valence-electron chi connectivity index (χ3n) is 7.97. The van der Waals surface area contributed by atoms with Crippen LogP contribution in [0, 0.1) is 0 Å². The largest absolute Gasteiger partial charge is 0.393 e. The summed E-state index contributed by atoms with van der Waals surface area (Å²) in [6.07, 6.45) is 1.68. The van der Waals surface area contributed by atoms with Crippen LogP contribution in [0.4, 0.5) is 17.3 Å². The highest BCUT2D eigenvalue weighted by Gasteiger charge is 2.29. The van der Waals surface area contributed by atoms with E-state index in [0.29, 0.717) is 5.69 Å². The molecule has 0 unspecified atom stereocenters. The van der Waals surface area contributed by atoms with Crippen LogP contribution in [-0.2, 0) is 6.54 Å². The predicted molar refractivity (Wildman–Crippen MR) is 159 cm³/mol. The molecule has 0 saturated carbocycles. The van der Waals surface area contributed by atoms with E-state index < -0.39 is 0 Å². The van der Waals surface area contributed by atoms with E-state index in [0.717, 1.165) is 70.5 Å². The molecule has 0 aliphatic carbocycles. The molecule has 7 nitrogen and oxygen atoms in total. The van der Waals surface area contributed by atoms with Crippen molar-refractivity contribution in [2.75, 3.05) is 67.9 Å². The first-order valence-corrected chi connectivity index (χ1v) is 14.0. The van der Waals surface area contributed by atoms with Crippen molar-refractivity contribution in [2.45, 2.75) is 12.6 Å². The first kappa shape index (κ1) is 25.3. The normalized spacial score (nSPS) is 17.1. The molecule has 7 heteroatoms. The van der Waals surface area contributed by atoms with Crippen molar-refractivity contribution in [1.82, 2.24) is 19.8 Å². The van der Waals surface area contributed by atoms with Crippen LogP contribution in [0.5, 0.6) is 0 Å². The van der Waals surface area contributed by atoms with Gasteiger partial charge in [0.05, 0.1) is 6.04 Å². The molecular weight excluding hydrogens is 482 g/mol. The van der Waals surface area contributed by atoms with Crippen LogP contribution in [0.2, 0.25) is 0 Å². The monoisotopic (exact) mass is 519 g/mol. The molecule has 3 aromatic carbocycles. The number of nitrogens with zero attached hydrogens (tertiary/aromatic N) is 6. The van der Waals surface area contributed by atoms with Crippen LogP contribution in [0.1, 0.15) is 22.7 Å². The number of aromatic nitrogens is 2. The maximum atomic E-state index is 6.74. The molecule has 0 atom stereocenters. The summed E-state index contributed by atoms with van der Waals surface area (Å²) in [7, 11) is 0. The maximum absolute atomic E-state index is 6.74. The second-order valence-corrected chi connectivity index (χ2v) is 10.4. The minimum absolute atomic E-state index is 0.236. The SMILES string of the molecule is Nc1c(N2CCN(Cc3ccccc3)CC2)ncnc1N1CCN(C(c2ccccc2)c2ccccc2)CC1. The molecule has 0 amide bonds. The fraction of sp³-hybridized carbons (Fsp3) is 0.312. The molecule has 2 fully saturated rings. The van der Waals surface area contributed by atoms with Crippen molar-refractivity contribution < 1.29 is 0 Å². The molecule has 0 spiro atoms. The number of piperazine rings is 2. The lowest BCUT2D eigenvalue weighted by molar-refractivity contribution is 0.212. The molecule has 39 heavy (non-hydrogen) atoms. The van der Waals surface area contributed by atoms with Gasteiger partial charge in [0.2, 0.25) is 0 Å². The van der Waals surface area contributed by atoms with Gasteiger partial charge in [0.1, 0.15) is 12.0 Å². The van der Waals surface area contributed by atoms with Gasteiger partial charge in [-0.3, -0.25) is 9.80 Å². The Bertz CT molecular complexity index is 1280. The summed E-state index contributed by atoms with van der Waals surface area (Å²) in [6.45, 7) is 8.42. The summed E-state index contributed by atoms with van der Waals surface area (Å²) in [5, 5.41) is 0. The van der Waals surface area contributed by atoms with Crippen molar-refractivity contribution >= 4 is 17.3 Å². The third-order valence-corrected chi connectivity index (χ3v) is 7.97. The quantitative estimate of drug-likeness (QED) is 0.391. The average molecular weight is 520 g/mol. The highest BCUT2D eigenvalue weighted by molar-refractivity contribution is 5.76. The minimum atomic E-state index is 0.236. The molecule has 2 aliphatic rings. The molecule has 6 rings (SSSR count). The molecular formula is C32H37N7. The van der Waals surface area contributed by atoms with Gasteiger partial charge in [-0.25, -0.2) is 9.97 Å². The molecule has 2 aliphatic heterocycles. The van der Waals surface area contributed by atoms with Gasteiger partial charge in [-0.2, -0.15) is 0 Å². The van der Waals surface area contributed by atoms with Crippen LogP contribution >= 0.6 is 0 Å². The van der Waals surface area contributed by atoms with Gasteiger partial charge in [-0.05, 0) is 16.7 Å². The van der Waals surface area contributed by atoms with Crippen molar-refractivity contribution in [3.05, 3.63) is 114 Å². The number of anilines is 3. The molecule has 200 valence electrons. The Morgan fingerprint density at radius 3 is 1.56 bits per heavy atom. The predicted octanol–water partition coefficient (Wildman–Crippen LogP) is 4.29. The fourth-order valence-corrected chi connectivity index (χ4v) is 5.92. The van der Waals surface area contributed by atoms with Gasteiger partial charge in [0, 0.05) is 58.9 Å². The summed E-state index contributed by atoms with van der Waals surface area (Å²) in [5.41, 5.74) is 11.5. The zero-order valence-electron chi connectivity index (χ0n) is 22.4. The van der Waals surface area contributed by atoms with Crippen LogP contribution in [0.15, 0.2) is 97.3 Å². The van der Waals surface area contributed by atoms with E-state index in [1.54, 1.807) is 6.33 Å². The molecule has 3 heterocycles. The molecule has 0 bridgehead atoms. The van der Waals surface area contributed by atoms with E-state index >= 15 is 0 Å². The maximum Gasteiger partial charge on any atom is 0.157 e. The van der Waals surface area contributed by atoms with E-state index in [9.17, 15) is 0 Å². The van der Waals surface area contributed by atoms with Gasteiger partial charge < -0.3 is 15.5 Å². The lowest BCUT2D eigenvalue weighted by Gasteiger charge is -2.41. The lowest BCUT2D eigenvalue weighted by atomic mass is 9.96. The summed E-state index contributed by atoms with van der Waals surface area (Å²) in [4.78, 5) is 19.0. The molecule has 2 saturated heterocycles. The van der Waals surface area contributed by atoms with Crippen LogP contribution < -0.4 is 15.5 Å². The summed E-state index contributed by atoms with van der Waals surface area (Å²) in [5.74, 6) is 1.73. The van der Waals surface area contributed by atoms with Crippen molar-refractivity contribution in [3.63, 3.8) is 0 Å². The van der Waals surface area contributed by atoms with Gasteiger partial charge in [0.25, 0.3) is 0 Å². The first-order valence-electron chi connectivity index (χ1n) is 14.0. The first-order chi connectivity index (χ1) is 19.3. The smallest absolute Gasteiger partial charge is 0.157 e. The number of nitrogens with two attached hydrogens (primary N) is 1. The Balaban J connectivity index is 1.12. The minimum Gasteiger partial charge on any atom is -0.393 e. The van der Waals surface area contributed by atoms with Crippen LogP contribution in [0.25, 0.3) is 0 Å². The zero-order chi connectivity index (χ0) is 26.4. The summed E-state index contributed by atoms with van der Waals surface area (Å²) >= 11 is 0. The Hall–Kier alpha value is -3.94. The van der Waals surface area contributed by atoms with Crippen LogP contribution in [-0.4, -0.2) is 72.1 Å². The zero-order valence-corrected chi connectivity index (χ0v) is 22.4. The van der Waals surface area contributed by atoms with E-state index in [1.807, 2.05) is 0 Å². The third kappa shape index (κ3) is 5.75. The number of nitrogen functional groups attached to an aromatic ring is 1. The molecule has 0 radical (unpaired) electrons. The van der Waals surface area contributed by atoms with Crippen molar-refractivity contribution in [2.24, 2.45) is 0 Å². The van der Waals surface area contributed by atoms with Crippen LogP contribution in [0.3, 0.4) is 0 Å². The highest BCUT2D eigenvalue weighted by atomic mass is 15.3. The average Bonchev–Trinajstić information content (AvgIpc) is 3.00. The number of hydrogen-bond acceptors (Lipinski definition) is 7. The van der Waals surface area contributed by atoms with Crippen molar-refractivity contribution in [1.29, 1.82) is 0 Å². The van der Waals surface area contributed by atoms with Crippen molar-refractivity contribution in [3.8, 4) is 0 Å². The number of hydrogen-bond donors (Lipinski definition) is 1. The summed E-state index contributed by atoms with van der Waals surface area (Å²) < 4.78 is 0. The number of rotatable bonds is 7. The Morgan fingerprint density at radius 1 is 0.590 bits per heavy atom. The molecule has 1 aromatic heterocycles. The van der Waals surface area contributed by atoms with Gasteiger partial charge in [0.15, 0.2) is 11.6 Å². The fourth-order valence-electron chi connectivity index (χ4n) is 5.92. The number of benzene rings is 3.